The molecule has 8 aromatic rings. The normalized spacial score (nSPS) is 11.3. The number of nitrogens with one attached hydrogen (secondary N) is 2. The van der Waals surface area contributed by atoms with E-state index in [1.54, 1.807) is 82.0 Å². The Balaban J connectivity index is 1.13. The van der Waals surface area contributed by atoms with Gasteiger partial charge >= 0.3 is 5.00 Å². The van der Waals surface area contributed by atoms with Crippen LogP contribution in [0.4, 0.5) is 19.0 Å². The minimum atomic E-state index is -0.478. The molecule has 12 nitrogen and oxygen atoms in total. The standard InChI is InChI=1S/C32H18F2N10O2S2/c33-19-5-3-4-18(14-19)24-16-42-27(38-24)21(8-10-37-42)29(45)41-32-36-15-26(48-32)43-12-9-22(30(46)40-31-35-11-13-47-31)28-39-25(17-44(28)43)20-6-1-2-7-23(20)34/h1-17H,(H-,35,36,39,40,41,45,46)/p+1. The summed E-state index contributed by atoms with van der Waals surface area (Å²) in [5.41, 5.74) is 2.60. The van der Waals surface area contributed by atoms with Gasteiger partial charge in [0.05, 0.1) is 34.9 Å². The predicted octanol–water partition coefficient (Wildman–Crippen LogP) is 5.68. The molecule has 6 heterocycles. The first-order chi connectivity index (χ1) is 23.4. The molecular weight excluding hydrogens is 659 g/mol. The van der Waals surface area contributed by atoms with Crippen LogP contribution in [0.3, 0.4) is 0 Å². The van der Waals surface area contributed by atoms with Crippen LogP contribution in [0, 0.1) is 11.6 Å². The van der Waals surface area contributed by atoms with Crippen LogP contribution in [0.1, 0.15) is 20.7 Å². The van der Waals surface area contributed by atoms with Gasteiger partial charge in [0.2, 0.25) is 11.8 Å². The van der Waals surface area contributed by atoms with E-state index in [-0.39, 0.29) is 33.1 Å². The quantitative estimate of drug-likeness (QED) is 0.207. The van der Waals surface area contributed by atoms with Gasteiger partial charge in [0, 0.05) is 35.0 Å². The van der Waals surface area contributed by atoms with Gasteiger partial charge in [0.15, 0.2) is 15.9 Å². The molecule has 0 bridgehead atoms. The van der Waals surface area contributed by atoms with Crippen molar-refractivity contribution in [2.75, 3.05) is 10.6 Å². The maximum absolute atomic E-state index is 14.8. The highest BCUT2D eigenvalue weighted by molar-refractivity contribution is 7.17. The van der Waals surface area contributed by atoms with Crippen molar-refractivity contribution in [3.8, 4) is 27.5 Å². The number of carbonyl (C=O) groups is 2. The summed E-state index contributed by atoms with van der Waals surface area (Å²) in [5.74, 6) is -1.78. The Kier molecular flexibility index (Phi) is 7.19. The lowest BCUT2D eigenvalue weighted by molar-refractivity contribution is -0.667. The summed E-state index contributed by atoms with van der Waals surface area (Å²) >= 11 is 2.44. The molecule has 48 heavy (non-hydrogen) atoms. The van der Waals surface area contributed by atoms with Crippen LogP contribution >= 0.6 is 22.7 Å². The minimum Gasteiger partial charge on any atom is -0.298 e. The number of fused-ring (bicyclic) bond motifs is 2. The van der Waals surface area contributed by atoms with E-state index < -0.39 is 23.4 Å². The van der Waals surface area contributed by atoms with E-state index in [4.69, 9.17) is 0 Å². The van der Waals surface area contributed by atoms with Crippen molar-refractivity contribution < 1.29 is 23.1 Å². The fourth-order valence-corrected chi connectivity index (χ4v) is 6.39. The maximum atomic E-state index is 14.8. The highest BCUT2D eigenvalue weighted by Gasteiger charge is 2.25. The second-order valence-electron chi connectivity index (χ2n) is 10.2. The lowest BCUT2D eigenvalue weighted by Crippen LogP contribution is -2.38. The molecule has 0 fully saturated rings. The second-order valence-corrected chi connectivity index (χ2v) is 12.2. The first-order valence-electron chi connectivity index (χ1n) is 14.2. The monoisotopic (exact) mass is 677 g/mol. The van der Waals surface area contributed by atoms with Crippen molar-refractivity contribution >= 4 is 56.0 Å². The number of amides is 2. The maximum Gasteiger partial charge on any atom is 0.313 e. The molecule has 0 atom stereocenters. The number of benzene rings is 2. The van der Waals surface area contributed by atoms with Crippen molar-refractivity contribution in [1.82, 2.24) is 34.1 Å². The van der Waals surface area contributed by atoms with E-state index in [1.165, 1.54) is 46.3 Å². The Bertz CT molecular complexity index is 2510. The van der Waals surface area contributed by atoms with E-state index in [2.05, 4.69) is 35.7 Å². The number of aromatic nitrogens is 8. The van der Waals surface area contributed by atoms with E-state index in [1.807, 2.05) is 0 Å². The van der Waals surface area contributed by atoms with Crippen molar-refractivity contribution in [2.24, 2.45) is 0 Å². The largest absolute Gasteiger partial charge is 0.313 e. The average Bonchev–Trinajstić information content (AvgIpc) is 3.91. The number of rotatable bonds is 7. The van der Waals surface area contributed by atoms with Gasteiger partial charge < -0.3 is 0 Å². The number of anilines is 2. The van der Waals surface area contributed by atoms with Crippen LogP contribution in [0.15, 0.2) is 103 Å². The fourth-order valence-electron chi connectivity index (χ4n) is 5.07. The summed E-state index contributed by atoms with van der Waals surface area (Å²) in [5, 5.41) is 12.8. The number of hydrogen-bond donors (Lipinski definition) is 2. The zero-order valence-corrected chi connectivity index (χ0v) is 25.9. The summed E-state index contributed by atoms with van der Waals surface area (Å²) in [6, 6.07) is 15.3. The smallest absolute Gasteiger partial charge is 0.298 e. The van der Waals surface area contributed by atoms with E-state index in [0.29, 0.717) is 27.1 Å². The summed E-state index contributed by atoms with van der Waals surface area (Å²) in [6.45, 7) is 0. The molecule has 6 aromatic heterocycles. The van der Waals surface area contributed by atoms with Gasteiger partial charge in [0.1, 0.15) is 17.8 Å². The molecule has 2 aromatic carbocycles. The Morgan fingerprint density at radius 2 is 1.62 bits per heavy atom. The molecule has 0 saturated carbocycles. The summed E-state index contributed by atoms with van der Waals surface area (Å²) in [4.78, 5) is 44.4. The van der Waals surface area contributed by atoms with Crippen LogP contribution in [0.25, 0.3) is 38.8 Å². The summed E-state index contributed by atoms with van der Waals surface area (Å²) < 4.78 is 33.4. The summed E-state index contributed by atoms with van der Waals surface area (Å²) in [7, 11) is 0. The third-order valence-electron chi connectivity index (χ3n) is 7.26. The SMILES string of the molecule is O=C(Nc1ncc(-[n+]2ccc(C(=O)Nc3nccs3)c3nc(-c4ccccc4F)cn32)s1)c1ccnn2cc(-c3cccc(F)c3)nc12. The Morgan fingerprint density at radius 1 is 0.812 bits per heavy atom. The molecule has 2 N–H and O–H groups in total. The molecular formula is C32H19F2N10O2S2+. The number of imidazole rings is 2. The highest BCUT2D eigenvalue weighted by atomic mass is 32.1. The van der Waals surface area contributed by atoms with Gasteiger partial charge in [-0.15, -0.1) is 15.9 Å². The number of halogens is 2. The van der Waals surface area contributed by atoms with E-state index in [0.717, 1.165) is 11.3 Å². The van der Waals surface area contributed by atoms with Crippen molar-refractivity contribution in [1.29, 1.82) is 0 Å². The lowest BCUT2D eigenvalue weighted by atomic mass is 10.1. The molecule has 16 heteroatoms. The molecule has 0 saturated heterocycles. The zero-order chi connectivity index (χ0) is 32.8. The Morgan fingerprint density at radius 3 is 2.44 bits per heavy atom. The van der Waals surface area contributed by atoms with Crippen molar-refractivity contribution in [3.05, 3.63) is 126 Å². The van der Waals surface area contributed by atoms with Gasteiger partial charge in [-0.05, 0) is 41.7 Å². The number of carbonyl (C=O) groups excluding carboxylic acids is 2. The van der Waals surface area contributed by atoms with Crippen LogP contribution < -0.4 is 15.3 Å². The van der Waals surface area contributed by atoms with Gasteiger partial charge in [-0.2, -0.15) is 5.10 Å². The molecule has 8 rings (SSSR count). The first-order valence-corrected chi connectivity index (χ1v) is 15.9. The Hall–Kier alpha value is -6.26. The van der Waals surface area contributed by atoms with Gasteiger partial charge in [-0.1, -0.05) is 28.9 Å². The second kappa shape index (κ2) is 11.8. The lowest BCUT2D eigenvalue weighted by Gasteiger charge is -2.03. The van der Waals surface area contributed by atoms with Crippen molar-refractivity contribution in [2.45, 2.75) is 0 Å². The Labute approximate surface area is 276 Å². The van der Waals surface area contributed by atoms with Crippen LogP contribution in [-0.2, 0) is 0 Å². The molecule has 0 aliphatic heterocycles. The third-order valence-corrected chi connectivity index (χ3v) is 8.85. The molecule has 0 unspecified atom stereocenters. The first kappa shape index (κ1) is 29.2. The molecule has 0 aliphatic carbocycles. The van der Waals surface area contributed by atoms with E-state index >= 15 is 0 Å². The topological polar surface area (TPSA) is 135 Å². The predicted molar refractivity (Wildman–Crippen MR) is 174 cm³/mol. The highest BCUT2D eigenvalue weighted by Crippen LogP contribution is 2.26. The number of nitrogens with zero attached hydrogens (tertiary/aromatic N) is 8. The molecule has 2 amide bonds. The van der Waals surface area contributed by atoms with Crippen LogP contribution in [-0.4, -0.2) is 45.9 Å². The third kappa shape index (κ3) is 5.33. The van der Waals surface area contributed by atoms with Crippen LogP contribution in [0.2, 0.25) is 0 Å². The molecule has 0 spiro atoms. The van der Waals surface area contributed by atoms with Gasteiger partial charge in [-0.3, -0.25) is 20.2 Å². The average molecular weight is 678 g/mol. The van der Waals surface area contributed by atoms with E-state index in [9.17, 15) is 18.4 Å². The minimum absolute atomic E-state index is 0.235. The van der Waals surface area contributed by atoms with Gasteiger partial charge in [0.25, 0.3) is 11.8 Å². The number of hydrogen-bond acceptors (Lipinski definition) is 9. The van der Waals surface area contributed by atoms with Crippen LogP contribution in [0.5, 0.6) is 0 Å². The zero-order valence-electron chi connectivity index (χ0n) is 24.3. The molecule has 234 valence electrons. The molecule has 0 radical (unpaired) electrons. The number of thiazole rings is 2. The fraction of sp³-hybridized carbons (Fsp3) is 0. The summed E-state index contributed by atoms with van der Waals surface area (Å²) in [6.07, 6.45) is 9.49. The molecule has 0 aliphatic rings. The van der Waals surface area contributed by atoms with Crippen molar-refractivity contribution in [3.63, 3.8) is 0 Å². The van der Waals surface area contributed by atoms with Gasteiger partial charge in [-0.25, -0.2) is 33.2 Å².